The third kappa shape index (κ3) is 4.15. The van der Waals surface area contributed by atoms with E-state index in [1.54, 1.807) is 0 Å². The van der Waals surface area contributed by atoms with Crippen LogP contribution < -0.4 is 0 Å². The van der Waals surface area contributed by atoms with Crippen LogP contribution in [0.3, 0.4) is 0 Å². The number of carbonyl (C=O) groups is 1. The maximum atomic E-state index is 13.4. The largest absolute Gasteiger partial charge is 0.378 e. The van der Waals surface area contributed by atoms with Crippen LogP contribution in [0.5, 0.6) is 0 Å². The Bertz CT molecular complexity index is 959. The number of hydrogen-bond acceptors (Lipinski definition) is 5. The van der Waals surface area contributed by atoms with E-state index in [1.165, 1.54) is 41.0 Å². The number of rotatable bonds is 4. The molecule has 0 spiro atoms. The fraction of sp³-hybridized carbons (Fsp3) is 0.583. The summed E-state index contributed by atoms with van der Waals surface area (Å²) in [6.45, 7) is 3.47. The second kappa shape index (κ2) is 8.96. The van der Waals surface area contributed by atoms with Gasteiger partial charge in [0.2, 0.25) is 0 Å². The van der Waals surface area contributed by atoms with Gasteiger partial charge in [-0.05, 0) is 38.6 Å². The summed E-state index contributed by atoms with van der Waals surface area (Å²) in [6, 6.07) is 7.20. The van der Waals surface area contributed by atoms with Gasteiger partial charge in [0, 0.05) is 41.4 Å². The Balaban J connectivity index is 1.57. The highest BCUT2D eigenvalue weighted by molar-refractivity contribution is 7.98. The summed E-state index contributed by atoms with van der Waals surface area (Å²) in [5.41, 5.74) is 5.55. The molecule has 2 aliphatic heterocycles. The van der Waals surface area contributed by atoms with Gasteiger partial charge in [0.25, 0.3) is 5.91 Å². The molecule has 2 aromatic rings. The van der Waals surface area contributed by atoms with Gasteiger partial charge in [0.15, 0.2) is 5.69 Å². The summed E-state index contributed by atoms with van der Waals surface area (Å²) in [5.74, 6) is 0.883. The van der Waals surface area contributed by atoms with Crippen LogP contribution in [0, 0.1) is 0 Å². The summed E-state index contributed by atoms with van der Waals surface area (Å²) >= 11 is 1.84. The Morgan fingerprint density at radius 1 is 1.19 bits per heavy atom. The molecule has 1 aromatic heterocycles. The zero-order valence-corrected chi connectivity index (χ0v) is 19.4. The number of amides is 1. The first-order valence-corrected chi connectivity index (χ1v) is 12.5. The predicted octanol–water partition coefficient (Wildman–Crippen LogP) is 4.20. The molecule has 6 nitrogen and oxygen atoms in total. The van der Waals surface area contributed by atoms with E-state index in [1.807, 2.05) is 16.7 Å². The summed E-state index contributed by atoms with van der Waals surface area (Å²) < 4.78 is 7.69. The van der Waals surface area contributed by atoms with Crippen molar-refractivity contribution in [2.24, 2.45) is 0 Å². The van der Waals surface area contributed by atoms with Crippen molar-refractivity contribution in [3.63, 3.8) is 0 Å². The molecule has 0 N–H and O–H groups in total. The number of carbonyl (C=O) groups excluding carboxylic acids is 1. The van der Waals surface area contributed by atoms with Gasteiger partial charge in [-0.25, -0.2) is 0 Å². The SMILES string of the molecule is CN(C)Cc1ccc2c(c1)SCc1c(C(=O)N3CCOCC3)nn(C3CCCCC3)c1-2. The van der Waals surface area contributed by atoms with E-state index >= 15 is 0 Å². The van der Waals surface area contributed by atoms with Gasteiger partial charge in [-0.1, -0.05) is 31.4 Å². The lowest BCUT2D eigenvalue weighted by Gasteiger charge is -2.27. The predicted molar refractivity (Wildman–Crippen MR) is 123 cm³/mol. The highest BCUT2D eigenvalue weighted by Gasteiger charge is 2.33. The van der Waals surface area contributed by atoms with Gasteiger partial charge in [0.05, 0.1) is 24.9 Å². The van der Waals surface area contributed by atoms with Crippen LogP contribution in [0.15, 0.2) is 23.1 Å². The molecule has 1 aromatic carbocycles. The molecule has 0 radical (unpaired) electrons. The Morgan fingerprint density at radius 2 is 1.97 bits per heavy atom. The van der Waals surface area contributed by atoms with Crippen molar-refractivity contribution in [3.8, 4) is 11.3 Å². The first-order valence-electron chi connectivity index (χ1n) is 11.5. The maximum absolute atomic E-state index is 13.4. The molecule has 1 saturated heterocycles. The minimum absolute atomic E-state index is 0.0717. The highest BCUT2D eigenvalue weighted by Crippen LogP contribution is 2.45. The van der Waals surface area contributed by atoms with Crippen LogP contribution in [0.4, 0.5) is 0 Å². The van der Waals surface area contributed by atoms with Crippen molar-refractivity contribution in [1.29, 1.82) is 0 Å². The Hall–Kier alpha value is -1.83. The molecule has 31 heavy (non-hydrogen) atoms. The van der Waals surface area contributed by atoms with Crippen molar-refractivity contribution in [2.75, 3.05) is 40.4 Å². The molecular weight excluding hydrogens is 408 g/mol. The van der Waals surface area contributed by atoms with E-state index in [2.05, 4.69) is 41.9 Å². The number of benzene rings is 1. The Kier molecular flexibility index (Phi) is 6.08. The lowest BCUT2D eigenvalue weighted by molar-refractivity contribution is 0.0297. The summed E-state index contributed by atoms with van der Waals surface area (Å²) in [5, 5.41) is 5.02. The molecule has 1 saturated carbocycles. The van der Waals surface area contributed by atoms with Gasteiger partial charge in [-0.15, -0.1) is 11.8 Å². The summed E-state index contributed by atoms with van der Waals surface area (Å²) in [7, 11) is 4.21. The van der Waals surface area contributed by atoms with Crippen LogP contribution in [0.1, 0.15) is 59.8 Å². The van der Waals surface area contributed by atoms with Crippen LogP contribution in [-0.4, -0.2) is 65.9 Å². The Morgan fingerprint density at radius 3 is 2.71 bits per heavy atom. The highest BCUT2D eigenvalue weighted by atomic mass is 32.2. The fourth-order valence-corrected chi connectivity index (χ4v) is 6.19. The number of morpholine rings is 1. The van der Waals surface area contributed by atoms with Crippen LogP contribution in [0.25, 0.3) is 11.3 Å². The summed E-state index contributed by atoms with van der Waals surface area (Å²) in [6.07, 6.45) is 6.10. The second-order valence-electron chi connectivity index (χ2n) is 9.17. The molecular formula is C24H32N4O2S. The zero-order chi connectivity index (χ0) is 21.4. The molecule has 166 valence electrons. The lowest BCUT2D eigenvalue weighted by Crippen LogP contribution is -2.41. The first-order chi connectivity index (χ1) is 15.1. The van der Waals surface area contributed by atoms with Gasteiger partial charge in [0.1, 0.15) is 0 Å². The van der Waals surface area contributed by atoms with Crippen molar-refractivity contribution in [3.05, 3.63) is 35.0 Å². The maximum Gasteiger partial charge on any atom is 0.274 e. The van der Waals surface area contributed by atoms with E-state index in [-0.39, 0.29) is 5.91 Å². The monoisotopic (exact) mass is 440 g/mol. The normalized spacial score (nSPS) is 19.4. The smallest absolute Gasteiger partial charge is 0.274 e. The molecule has 0 unspecified atom stereocenters. The molecule has 0 bridgehead atoms. The standard InChI is InChI=1S/C24H32N4O2S/c1-26(2)15-17-8-9-19-21(14-17)31-16-20-22(24(29)27-10-12-30-13-11-27)25-28(23(19)20)18-6-4-3-5-7-18/h8-9,14,18H,3-7,10-13,15-16H2,1-2H3. The molecule has 7 heteroatoms. The first kappa shape index (κ1) is 21.0. The van der Waals surface area contributed by atoms with Crippen LogP contribution in [0.2, 0.25) is 0 Å². The number of thioether (sulfide) groups is 1. The number of aromatic nitrogens is 2. The number of fused-ring (bicyclic) bond motifs is 3. The van der Waals surface area contributed by atoms with Gasteiger partial charge in [-0.2, -0.15) is 5.10 Å². The summed E-state index contributed by atoms with van der Waals surface area (Å²) in [4.78, 5) is 18.9. The number of ether oxygens (including phenoxy) is 1. The van der Waals surface area contributed by atoms with E-state index in [4.69, 9.17) is 9.84 Å². The van der Waals surface area contributed by atoms with Crippen molar-refractivity contribution >= 4 is 17.7 Å². The van der Waals surface area contributed by atoms with Crippen molar-refractivity contribution in [2.45, 2.75) is 55.3 Å². The molecule has 1 aliphatic carbocycles. The molecule has 2 fully saturated rings. The molecule has 5 rings (SSSR count). The number of nitrogens with zero attached hydrogens (tertiary/aromatic N) is 4. The number of hydrogen-bond donors (Lipinski definition) is 0. The molecule has 1 amide bonds. The molecule has 3 heterocycles. The van der Waals surface area contributed by atoms with Crippen molar-refractivity contribution < 1.29 is 9.53 Å². The van der Waals surface area contributed by atoms with Crippen LogP contribution >= 0.6 is 11.8 Å². The third-order valence-electron chi connectivity index (χ3n) is 6.60. The minimum Gasteiger partial charge on any atom is -0.378 e. The fourth-order valence-electron chi connectivity index (χ4n) is 5.06. The van der Waals surface area contributed by atoms with E-state index < -0.39 is 0 Å². The van der Waals surface area contributed by atoms with Crippen molar-refractivity contribution in [1.82, 2.24) is 19.6 Å². The van der Waals surface area contributed by atoms with E-state index in [0.717, 1.165) is 30.7 Å². The van der Waals surface area contributed by atoms with Gasteiger partial charge >= 0.3 is 0 Å². The van der Waals surface area contributed by atoms with Gasteiger partial charge in [-0.3, -0.25) is 9.48 Å². The van der Waals surface area contributed by atoms with Gasteiger partial charge < -0.3 is 14.5 Å². The average Bonchev–Trinajstić information content (AvgIpc) is 3.19. The topological polar surface area (TPSA) is 50.6 Å². The molecule has 3 aliphatic rings. The lowest BCUT2D eigenvalue weighted by atomic mass is 9.94. The Labute approximate surface area is 188 Å². The van der Waals surface area contributed by atoms with E-state index in [0.29, 0.717) is 38.0 Å². The molecule has 0 atom stereocenters. The average molecular weight is 441 g/mol. The third-order valence-corrected chi connectivity index (χ3v) is 7.68. The quantitative estimate of drug-likeness (QED) is 0.713. The van der Waals surface area contributed by atoms with Crippen LogP contribution in [-0.2, 0) is 17.0 Å². The zero-order valence-electron chi connectivity index (χ0n) is 18.6. The second-order valence-corrected chi connectivity index (χ2v) is 10.2. The minimum atomic E-state index is 0.0717. The van der Waals surface area contributed by atoms with E-state index in [9.17, 15) is 4.79 Å².